The number of halogens is 1. The van der Waals surface area contributed by atoms with Gasteiger partial charge in [0.25, 0.3) is 0 Å². The Hall–Kier alpha value is -1.53. The fourth-order valence-electron chi connectivity index (χ4n) is 2.45. The van der Waals surface area contributed by atoms with E-state index in [1.807, 2.05) is 26.0 Å². The molecular formula is C17H21ClN4OS. The largest absolute Gasteiger partial charge is 0.308 e. The van der Waals surface area contributed by atoms with Gasteiger partial charge < -0.3 is 4.90 Å². The molecule has 0 N–H and O–H groups in total. The van der Waals surface area contributed by atoms with E-state index in [-0.39, 0.29) is 11.2 Å². The molecule has 1 saturated carbocycles. The van der Waals surface area contributed by atoms with Crippen LogP contribution in [0.2, 0.25) is 5.15 Å². The second-order valence-electron chi connectivity index (χ2n) is 5.96. The molecule has 0 aliphatic heterocycles. The molecule has 3 rings (SSSR count). The first kappa shape index (κ1) is 17.3. The summed E-state index contributed by atoms with van der Waals surface area (Å²) in [5.41, 5.74) is 1.46. The highest BCUT2D eigenvalue weighted by atomic mass is 35.5. The molecule has 2 heterocycles. The van der Waals surface area contributed by atoms with Crippen molar-refractivity contribution < 1.29 is 4.79 Å². The second kappa shape index (κ2) is 7.57. The number of nitrogens with zero attached hydrogens (tertiary/aromatic N) is 4. The van der Waals surface area contributed by atoms with Gasteiger partial charge in [-0.3, -0.25) is 9.78 Å². The molecule has 1 unspecified atom stereocenters. The number of pyridine rings is 1. The van der Waals surface area contributed by atoms with E-state index in [0.29, 0.717) is 17.4 Å². The Morgan fingerprint density at radius 1 is 1.54 bits per heavy atom. The maximum Gasteiger partial charge on any atom is 0.239 e. The maximum atomic E-state index is 12.8. The summed E-state index contributed by atoms with van der Waals surface area (Å²) < 4.78 is 1.66. The number of rotatable bonds is 7. The minimum absolute atomic E-state index is 0.0794. The predicted molar refractivity (Wildman–Crippen MR) is 99.0 cm³/mol. The van der Waals surface area contributed by atoms with Crippen molar-refractivity contribution in [3.05, 3.63) is 35.9 Å². The molecule has 1 atom stereocenters. The van der Waals surface area contributed by atoms with Crippen LogP contribution < -0.4 is 4.90 Å². The smallest absolute Gasteiger partial charge is 0.239 e. The molecule has 5 nitrogen and oxygen atoms in total. The van der Waals surface area contributed by atoms with E-state index in [0.717, 1.165) is 17.4 Å². The van der Waals surface area contributed by atoms with Crippen LogP contribution in [-0.2, 0) is 4.79 Å². The van der Waals surface area contributed by atoms with Gasteiger partial charge in [0.1, 0.15) is 5.69 Å². The first-order valence-corrected chi connectivity index (χ1v) is 9.61. The van der Waals surface area contributed by atoms with Crippen LogP contribution in [0.4, 0.5) is 5.69 Å². The van der Waals surface area contributed by atoms with Crippen molar-refractivity contribution in [2.75, 3.05) is 17.2 Å². The van der Waals surface area contributed by atoms with Gasteiger partial charge in [-0.2, -0.15) is 5.10 Å². The van der Waals surface area contributed by atoms with Crippen LogP contribution in [0.15, 0.2) is 30.7 Å². The van der Waals surface area contributed by atoms with Crippen LogP contribution in [0.25, 0.3) is 5.69 Å². The molecule has 7 heteroatoms. The third-order valence-corrected chi connectivity index (χ3v) is 5.70. The molecule has 128 valence electrons. The first-order chi connectivity index (χ1) is 11.6. The van der Waals surface area contributed by atoms with Crippen molar-refractivity contribution in [3.63, 3.8) is 0 Å². The van der Waals surface area contributed by atoms with Crippen molar-refractivity contribution in [3.8, 4) is 5.69 Å². The molecular weight excluding hydrogens is 344 g/mol. The Labute approximate surface area is 151 Å². The fraction of sp³-hybridized carbons (Fsp3) is 0.471. The molecule has 0 bridgehead atoms. The van der Waals surface area contributed by atoms with Crippen molar-refractivity contribution in [1.29, 1.82) is 0 Å². The number of thioether (sulfide) groups is 1. The molecule has 0 saturated heterocycles. The number of carbonyl (C=O) groups is 1. The number of hydrogen-bond donors (Lipinski definition) is 0. The van der Waals surface area contributed by atoms with Gasteiger partial charge in [0.05, 0.1) is 23.3 Å². The minimum atomic E-state index is -0.0802. The van der Waals surface area contributed by atoms with Gasteiger partial charge in [-0.1, -0.05) is 11.6 Å². The molecule has 1 aliphatic rings. The van der Waals surface area contributed by atoms with E-state index in [1.165, 1.54) is 12.8 Å². The average molecular weight is 365 g/mol. The molecule has 1 aliphatic carbocycles. The van der Waals surface area contributed by atoms with Crippen molar-refractivity contribution in [2.45, 2.75) is 31.9 Å². The van der Waals surface area contributed by atoms with Crippen LogP contribution in [0.3, 0.4) is 0 Å². The lowest BCUT2D eigenvalue weighted by atomic mass is 10.3. The normalized spacial score (nSPS) is 15.3. The van der Waals surface area contributed by atoms with Gasteiger partial charge >= 0.3 is 0 Å². The summed E-state index contributed by atoms with van der Waals surface area (Å²) >= 11 is 8.03. The van der Waals surface area contributed by atoms with Crippen LogP contribution in [-0.4, -0.2) is 38.2 Å². The monoisotopic (exact) mass is 364 g/mol. The highest BCUT2D eigenvalue weighted by Crippen LogP contribution is 2.34. The summed E-state index contributed by atoms with van der Waals surface area (Å²) in [5, 5.41) is 4.56. The third kappa shape index (κ3) is 3.92. The number of carbonyl (C=O) groups excluding carboxylic acids is 1. The summed E-state index contributed by atoms with van der Waals surface area (Å²) in [5.74, 6) is 1.95. The maximum absolute atomic E-state index is 12.8. The fourth-order valence-corrected chi connectivity index (χ4v) is 3.84. The van der Waals surface area contributed by atoms with Gasteiger partial charge in [0.15, 0.2) is 5.15 Å². The van der Waals surface area contributed by atoms with Crippen molar-refractivity contribution in [1.82, 2.24) is 14.8 Å². The van der Waals surface area contributed by atoms with Gasteiger partial charge in [0.2, 0.25) is 5.91 Å². The van der Waals surface area contributed by atoms with E-state index in [4.69, 9.17) is 11.6 Å². The molecule has 0 radical (unpaired) electrons. The van der Waals surface area contributed by atoms with E-state index < -0.39 is 0 Å². The molecule has 1 fully saturated rings. The zero-order chi connectivity index (χ0) is 17.1. The minimum Gasteiger partial charge on any atom is -0.308 e. The summed E-state index contributed by atoms with van der Waals surface area (Å²) in [6.07, 6.45) is 7.80. The second-order valence-corrected chi connectivity index (χ2v) is 7.69. The number of amides is 1. The summed E-state index contributed by atoms with van der Waals surface area (Å²) in [7, 11) is 0. The first-order valence-electron chi connectivity index (χ1n) is 8.18. The van der Waals surface area contributed by atoms with Crippen molar-refractivity contribution >= 4 is 35.0 Å². The number of anilines is 1. The van der Waals surface area contributed by atoms with Crippen LogP contribution in [0.5, 0.6) is 0 Å². The van der Waals surface area contributed by atoms with Gasteiger partial charge in [0, 0.05) is 12.7 Å². The van der Waals surface area contributed by atoms with Crippen LogP contribution in [0, 0.1) is 5.92 Å². The molecule has 0 aromatic carbocycles. The lowest BCUT2D eigenvalue weighted by Gasteiger charge is -2.23. The molecule has 0 spiro atoms. The van der Waals surface area contributed by atoms with Gasteiger partial charge in [-0.25, -0.2) is 4.68 Å². The highest BCUT2D eigenvalue weighted by Gasteiger charge is 2.28. The Kier molecular flexibility index (Phi) is 5.46. The topological polar surface area (TPSA) is 51.0 Å². The summed E-state index contributed by atoms with van der Waals surface area (Å²) in [6, 6.07) is 3.73. The standard InChI is InChI=1S/C17H21ClN4OS/c1-3-21(17(23)12(2)24-11-13-6-7-13)15-10-22(20-16(15)18)14-5-4-8-19-9-14/h4-5,8-10,12-13H,3,6-7,11H2,1-2H3. The third-order valence-electron chi connectivity index (χ3n) is 4.06. The zero-order valence-electron chi connectivity index (χ0n) is 13.9. The van der Waals surface area contributed by atoms with Crippen LogP contribution >= 0.6 is 23.4 Å². The van der Waals surface area contributed by atoms with E-state index >= 15 is 0 Å². The Morgan fingerprint density at radius 3 is 2.96 bits per heavy atom. The zero-order valence-corrected chi connectivity index (χ0v) is 15.4. The molecule has 2 aromatic heterocycles. The molecule has 1 amide bonds. The number of hydrogen-bond acceptors (Lipinski definition) is 4. The van der Waals surface area contributed by atoms with Gasteiger partial charge in [-0.15, -0.1) is 11.8 Å². The van der Waals surface area contributed by atoms with E-state index in [9.17, 15) is 4.79 Å². The molecule has 24 heavy (non-hydrogen) atoms. The lowest BCUT2D eigenvalue weighted by molar-refractivity contribution is -0.117. The lowest BCUT2D eigenvalue weighted by Crippen LogP contribution is -2.36. The van der Waals surface area contributed by atoms with Crippen LogP contribution in [0.1, 0.15) is 26.7 Å². The SMILES string of the molecule is CCN(C(=O)C(C)SCC1CC1)c1cn(-c2cccnc2)nc1Cl. The van der Waals surface area contributed by atoms with E-state index in [1.54, 1.807) is 39.9 Å². The van der Waals surface area contributed by atoms with Gasteiger partial charge in [-0.05, 0) is 50.5 Å². The Morgan fingerprint density at radius 2 is 2.33 bits per heavy atom. The predicted octanol–water partition coefficient (Wildman–Crippen LogP) is 3.81. The van der Waals surface area contributed by atoms with Crippen molar-refractivity contribution in [2.24, 2.45) is 5.92 Å². The summed E-state index contributed by atoms with van der Waals surface area (Å²) in [4.78, 5) is 18.6. The van der Waals surface area contributed by atoms with E-state index in [2.05, 4.69) is 10.1 Å². The Bertz CT molecular complexity index is 702. The molecule has 2 aromatic rings. The summed E-state index contributed by atoms with van der Waals surface area (Å²) in [6.45, 7) is 4.48. The highest BCUT2D eigenvalue weighted by molar-refractivity contribution is 8.00. The Balaban J connectivity index is 1.77. The average Bonchev–Trinajstić information content (AvgIpc) is 3.36. The quantitative estimate of drug-likeness (QED) is 0.749. The number of aromatic nitrogens is 3.